The molecule has 2 atom stereocenters. The number of benzene rings is 1. The Labute approximate surface area is 116 Å². The largest absolute Gasteiger partial charge is 0.481 e. The Morgan fingerprint density at radius 2 is 2.11 bits per heavy atom. The Morgan fingerprint density at radius 3 is 2.79 bits per heavy atom. The van der Waals surface area contributed by atoms with Crippen LogP contribution in [0.4, 0.5) is 0 Å². The number of halogens is 1. The van der Waals surface area contributed by atoms with Crippen LogP contribution in [-0.4, -0.2) is 23.5 Å². The summed E-state index contributed by atoms with van der Waals surface area (Å²) in [5.41, 5.74) is 1.02. The second-order valence-corrected chi connectivity index (χ2v) is 5.17. The average Bonchev–Trinajstić information content (AvgIpc) is 3.15. The Morgan fingerprint density at radius 1 is 1.37 bits per heavy atom. The van der Waals surface area contributed by atoms with E-state index in [4.69, 9.17) is 16.7 Å². The number of hydrogen-bond acceptors (Lipinski definition) is 2. The second-order valence-electron chi connectivity index (χ2n) is 4.76. The third-order valence-electron chi connectivity index (χ3n) is 3.30. The minimum absolute atomic E-state index is 0.00434. The molecule has 5 heteroatoms. The topological polar surface area (TPSA) is 66.4 Å². The van der Waals surface area contributed by atoms with Crippen molar-refractivity contribution in [3.63, 3.8) is 0 Å². The summed E-state index contributed by atoms with van der Waals surface area (Å²) in [6, 6.07) is 7.57. The molecule has 0 aliphatic heterocycles. The molecule has 0 spiro atoms. The van der Waals surface area contributed by atoms with Crippen LogP contribution in [-0.2, 0) is 9.59 Å². The third-order valence-corrected chi connectivity index (χ3v) is 3.64. The van der Waals surface area contributed by atoms with Gasteiger partial charge in [0, 0.05) is 23.9 Å². The van der Waals surface area contributed by atoms with Crippen molar-refractivity contribution in [2.45, 2.75) is 25.2 Å². The molecule has 1 fully saturated rings. The monoisotopic (exact) mass is 281 g/mol. The van der Waals surface area contributed by atoms with E-state index in [0.29, 0.717) is 18.0 Å². The van der Waals surface area contributed by atoms with Gasteiger partial charge < -0.3 is 10.4 Å². The van der Waals surface area contributed by atoms with Crippen molar-refractivity contribution in [1.82, 2.24) is 5.32 Å². The van der Waals surface area contributed by atoms with Crippen molar-refractivity contribution >= 4 is 23.5 Å². The molecule has 1 saturated carbocycles. The first-order valence-corrected chi connectivity index (χ1v) is 6.71. The minimum Gasteiger partial charge on any atom is -0.481 e. The molecule has 102 valence electrons. The molecular weight excluding hydrogens is 266 g/mol. The van der Waals surface area contributed by atoms with Crippen molar-refractivity contribution in [1.29, 1.82) is 0 Å². The summed E-state index contributed by atoms with van der Waals surface area (Å²) in [6.07, 6.45) is 1.36. The van der Waals surface area contributed by atoms with E-state index in [2.05, 4.69) is 5.32 Å². The number of rotatable bonds is 6. The van der Waals surface area contributed by atoms with Gasteiger partial charge >= 0.3 is 5.97 Å². The highest BCUT2D eigenvalue weighted by Crippen LogP contribution is 2.49. The van der Waals surface area contributed by atoms with E-state index < -0.39 is 5.97 Å². The van der Waals surface area contributed by atoms with Crippen LogP contribution >= 0.6 is 11.6 Å². The predicted molar refractivity (Wildman–Crippen MR) is 72.2 cm³/mol. The number of aliphatic carboxylic acids is 1. The van der Waals surface area contributed by atoms with Crippen LogP contribution in [0.5, 0.6) is 0 Å². The summed E-state index contributed by atoms with van der Waals surface area (Å²) in [5.74, 6) is -0.664. The first-order valence-electron chi connectivity index (χ1n) is 6.33. The molecule has 1 aliphatic carbocycles. The Kier molecular flexibility index (Phi) is 4.43. The number of amides is 1. The fourth-order valence-electron chi connectivity index (χ4n) is 2.19. The molecule has 4 nitrogen and oxygen atoms in total. The summed E-state index contributed by atoms with van der Waals surface area (Å²) in [6.45, 7) is 0.414. The fourth-order valence-corrected chi connectivity index (χ4v) is 2.46. The zero-order valence-corrected chi connectivity index (χ0v) is 11.2. The van der Waals surface area contributed by atoms with Crippen molar-refractivity contribution in [3.8, 4) is 0 Å². The fraction of sp³-hybridized carbons (Fsp3) is 0.429. The standard InChI is InChI=1S/C14H16ClNO3/c15-12-5-2-1-4-9(12)10-8-11(10)14(19)16-7-3-6-13(17)18/h1-2,4-5,10-11H,3,6-8H2,(H,16,19)(H,17,18)/t10-,11+/m1/s1. The third kappa shape index (κ3) is 3.70. The lowest BCUT2D eigenvalue weighted by molar-refractivity contribution is -0.137. The van der Waals surface area contributed by atoms with E-state index >= 15 is 0 Å². The molecule has 1 aliphatic rings. The van der Waals surface area contributed by atoms with Crippen molar-refractivity contribution in [2.75, 3.05) is 6.54 Å². The van der Waals surface area contributed by atoms with E-state index in [1.807, 2.05) is 24.3 Å². The molecule has 2 N–H and O–H groups in total. The summed E-state index contributed by atoms with van der Waals surface area (Å²) in [5, 5.41) is 12.0. The molecular formula is C14H16ClNO3. The molecule has 1 aromatic carbocycles. The molecule has 2 rings (SSSR count). The maximum atomic E-state index is 11.8. The van der Waals surface area contributed by atoms with Gasteiger partial charge in [0.05, 0.1) is 0 Å². The zero-order valence-electron chi connectivity index (χ0n) is 10.4. The van der Waals surface area contributed by atoms with Crippen molar-refractivity contribution in [3.05, 3.63) is 34.9 Å². The highest BCUT2D eigenvalue weighted by Gasteiger charge is 2.44. The van der Waals surface area contributed by atoms with Gasteiger partial charge in [-0.15, -0.1) is 0 Å². The average molecular weight is 282 g/mol. The lowest BCUT2D eigenvalue weighted by Gasteiger charge is -2.05. The maximum absolute atomic E-state index is 11.8. The molecule has 0 unspecified atom stereocenters. The van der Waals surface area contributed by atoms with Crippen molar-refractivity contribution in [2.24, 2.45) is 5.92 Å². The van der Waals surface area contributed by atoms with Crippen LogP contribution in [0, 0.1) is 5.92 Å². The summed E-state index contributed by atoms with van der Waals surface area (Å²) >= 11 is 6.09. The van der Waals surface area contributed by atoms with Gasteiger partial charge in [0.25, 0.3) is 0 Å². The molecule has 0 saturated heterocycles. The molecule has 0 bridgehead atoms. The van der Waals surface area contributed by atoms with Gasteiger partial charge in [-0.05, 0) is 30.4 Å². The highest BCUT2D eigenvalue weighted by atomic mass is 35.5. The van der Waals surface area contributed by atoms with Crippen LogP contribution in [0.25, 0.3) is 0 Å². The van der Waals surface area contributed by atoms with Gasteiger partial charge in [0.2, 0.25) is 5.91 Å². The summed E-state index contributed by atoms with van der Waals surface area (Å²) < 4.78 is 0. The minimum atomic E-state index is -0.838. The molecule has 0 radical (unpaired) electrons. The van der Waals surface area contributed by atoms with Crippen molar-refractivity contribution < 1.29 is 14.7 Å². The van der Waals surface area contributed by atoms with Gasteiger partial charge in [-0.3, -0.25) is 9.59 Å². The number of carboxylic acid groups (broad SMARTS) is 1. The SMILES string of the molecule is O=C(O)CCCNC(=O)[C@H]1C[C@@H]1c1ccccc1Cl. The van der Waals surface area contributed by atoms with E-state index in [1.165, 1.54) is 0 Å². The van der Waals surface area contributed by atoms with Gasteiger partial charge in [0.15, 0.2) is 0 Å². The van der Waals surface area contributed by atoms with Gasteiger partial charge in [-0.1, -0.05) is 29.8 Å². The Hall–Kier alpha value is -1.55. The lowest BCUT2D eigenvalue weighted by atomic mass is 10.1. The first kappa shape index (κ1) is 13.9. The van der Waals surface area contributed by atoms with E-state index in [0.717, 1.165) is 12.0 Å². The lowest BCUT2D eigenvalue weighted by Crippen LogP contribution is -2.26. The molecule has 1 amide bonds. The molecule has 0 heterocycles. The van der Waals surface area contributed by atoms with Crippen LogP contribution in [0.3, 0.4) is 0 Å². The first-order chi connectivity index (χ1) is 9.09. The van der Waals surface area contributed by atoms with Gasteiger partial charge in [-0.2, -0.15) is 0 Å². The number of hydrogen-bond donors (Lipinski definition) is 2. The number of nitrogens with one attached hydrogen (secondary N) is 1. The van der Waals surface area contributed by atoms with Crippen LogP contribution in [0.2, 0.25) is 5.02 Å². The molecule has 0 aromatic heterocycles. The smallest absolute Gasteiger partial charge is 0.303 e. The number of carbonyl (C=O) groups is 2. The zero-order chi connectivity index (χ0) is 13.8. The van der Waals surface area contributed by atoms with Crippen LogP contribution in [0.1, 0.15) is 30.7 Å². The Bertz CT molecular complexity index is 489. The normalized spacial score (nSPS) is 20.9. The quantitative estimate of drug-likeness (QED) is 0.787. The van der Waals surface area contributed by atoms with Crippen LogP contribution < -0.4 is 5.32 Å². The summed E-state index contributed by atoms with van der Waals surface area (Å²) in [7, 11) is 0. The predicted octanol–water partition coefficient (Wildman–Crippen LogP) is 2.42. The number of carbonyl (C=O) groups excluding carboxylic acids is 1. The van der Waals surface area contributed by atoms with E-state index in [9.17, 15) is 9.59 Å². The maximum Gasteiger partial charge on any atom is 0.303 e. The highest BCUT2D eigenvalue weighted by molar-refractivity contribution is 6.31. The second kappa shape index (κ2) is 6.06. The van der Waals surface area contributed by atoms with Gasteiger partial charge in [-0.25, -0.2) is 0 Å². The summed E-state index contributed by atoms with van der Waals surface area (Å²) in [4.78, 5) is 22.2. The molecule has 1 aromatic rings. The van der Waals surface area contributed by atoms with Gasteiger partial charge in [0.1, 0.15) is 0 Å². The Balaban J connectivity index is 1.78. The van der Waals surface area contributed by atoms with E-state index in [1.54, 1.807) is 0 Å². The van der Waals surface area contributed by atoms with Crippen LogP contribution in [0.15, 0.2) is 24.3 Å². The molecule has 19 heavy (non-hydrogen) atoms. The van der Waals surface area contributed by atoms with E-state index in [-0.39, 0.29) is 24.2 Å². The number of carboxylic acids is 1.